The molecule has 27 heavy (non-hydrogen) atoms. The molecule has 0 saturated carbocycles. The Morgan fingerprint density at radius 1 is 0.852 bits per heavy atom. The topological polar surface area (TPSA) is 66.4 Å². The third kappa shape index (κ3) is 4.95. The van der Waals surface area contributed by atoms with Gasteiger partial charge in [-0.25, -0.2) is 4.79 Å². The summed E-state index contributed by atoms with van der Waals surface area (Å²) in [6.45, 7) is 0. The second-order valence-corrected chi connectivity index (χ2v) is 7.27. The van der Waals surface area contributed by atoms with Crippen LogP contribution in [0.5, 0.6) is 0 Å². The van der Waals surface area contributed by atoms with Gasteiger partial charge in [0, 0.05) is 15.6 Å². The fourth-order valence-electron chi connectivity index (χ4n) is 2.77. The summed E-state index contributed by atoms with van der Waals surface area (Å²) in [5.41, 5.74) is 3.39. The number of nitrogens with one attached hydrogen (secondary N) is 1. The summed E-state index contributed by atoms with van der Waals surface area (Å²) in [4.78, 5) is 24.1. The molecule has 1 atom stereocenters. The second kappa shape index (κ2) is 8.81. The highest BCUT2D eigenvalue weighted by Gasteiger charge is 2.22. The van der Waals surface area contributed by atoms with Gasteiger partial charge in [0.2, 0.25) is 0 Å². The Morgan fingerprint density at radius 3 is 2.07 bits per heavy atom. The molecule has 0 aliphatic rings. The van der Waals surface area contributed by atoms with E-state index in [9.17, 15) is 14.7 Å². The molecule has 0 radical (unpaired) electrons. The van der Waals surface area contributed by atoms with E-state index in [0.29, 0.717) is 5.56 Å². The average molecular weight is 471 g/mol. The number of benzene rings is 3. The molecular formula is C22H18INO3. The maximum absolute atomic E-state index is 12.5. The molecule has 5 heteroatoms. The van der Waals surface area contributed by atoms with Crippen molar-refractivity contribution in [1.82, 2.24) is 5.32 Å². The monoisotopic (exact) mass is 471 g/mol. The fourth-order valence-corrected chi connectivity index (χ4v) is 3.38. The number of carboxylic acid groups (broad SMARTS) is 1. The number of aliphatic carboxylic acids is 1. The minimum atomic E-state index is -1.05. The van der Waals surface area contributed by atoms with Gasteiger partial charge in [-0.1, -0.05) is 60.7 Å². The maximum atomic E-state index is 12.5. The van der Waals surface area contributed by atoms with Crippen molar-refractivity contribution in [3.63, 3.8) is 0 Å². The minimum absolute atomic E-state index is 0.238. The number of hydrogen-bond acceptors (Lipinski definition) is 2. The van der Waals surface area contributed by atoms with Crippen LogP contribution in [0.15, 0.2) is 78.9 Å². The van der Waals surface area contributed by atoms with Gasteiger partial charge in [0.1, 0.15) is 6.04 Å². The first-order chi connectivity index (χ1) is 13.0. The smallest absolute Gasteiger partial charge is 0.326 e. The van der Waals surface area contributed by atoms with E-state index in [1.165, 1.54) is 0 Å². The number of carbonyl (C=O) groups excluding carboxylic acids is 1. The molecule has 0 spiro atoms. The summed E-state index contributed by atoms with van der Waals surface area (Å²) in [5.74, 6) is -1.45. The normalized spacial score (nSPS) is 11.6. The summed E-state index contributed by atoms with van der Waals surface area (Å²) in [6.07, 6.45) is 0.238. The first-order valence-corrected chi connectivity index (χ1v) is 9.55. The molecule has 136 valence electrons. The zero-order chi connectivity index (χ0) is 19.2. The van der Waals surface area contributed by atoms with E-state index in [1.807, 2.05) is 66.7 Å². The van der Waals surface area contributed by atoms with Gasteiger partial charge in [-0.05, 0) is 57.5 Å². The Bertz CT molecular complexity index is 939. The van der Waals surface area contributed by atoms with Crippen molar-refractivity contribution in [2.45, 2.75) is 12.5 Å². The number of carboxylic acids is 1. The van der Waals surface area contributed by atoms with Crippen molar-refractivity contribution in [3.05, 3.63) is 93.6 Å². The summed E-state index contributed by atoms with van der Waals surface area (Å²) in [5, 5.41) is 12.1. The molecule has 0 bridgehead atoms. The van der Waals surface area contributed by atoms with E-state index in [-0.39, 0.29) is 6.42 Å². The molecule has 2 N–H and O–H groups in total. The summed E-state index contributed by atoms with van der Waals surface area (Å²) < 4.78 is 0.975. The Balaban J connectivity index is 1.72. The van der Waals surface area contributed by atoms with Gasteiger partial charge in [-0.3, -0.25) is 4.79 Å². The van der Waals surface area contributed by atoms with Crippen LogP contribution in [-0.4, -0.2) is 23.0 Å². The summed E-state index contributed by atoms with van der Waals surface area (Å²) >= 11 is 2.17. The van der Waals surface area contributed by atoms with Crippen LogP contribution in [0.25, 0.3) is 11.1 Å². The van der Waals surface area contributed by atoms with Crippen molar-refractivity contribution >= 4 is 34.5 Å². The number of hydrogen-bond donors (Lipinski definition) is 2. The van der Waals surface area contributed by atoms with Gasteiger partial charge >= 0.3 is 5.97 Å². The highest BCUT2D eigenvalue weighted by Crippen LogP contribution is 2.19. The van der Waals surface area contributed by atoms with Crippen LogP contribution in [0.4, 0.5) is 0 Å². The van der Waals surface area contributed by atoms with Crippen molar-refractivity contribution in [2.75, 3.05) is 0 Å². The predicted octanol–water partition coefficient (Wildman–Crippen LogP) is 4.38. The lowest BCUT2D eigenvalue weighted by molar-refractivity contribution is -0.139. The molecule has 3 rings (SSSR count). The van der Waals surface area contributed by atoms with Crippen LogP contribution in [0.3, 0.4) is 0 Å². The van der Waals surface area contributed by atoms with Crippen LogP contribution in [0, 0.1) is 3.57 Å². The third-order valence-electron chi connectivity index (χ3n) is 4.24. The lowest BCUT2D eigenvalue weighted by atomic mass is 10.0. The van der Waals surface area contributed by atoms with Gasteiger partial charge in [0.25, 0.3) is 5.91 Å². The van der Waals surface area contributed by atoms with Gasteiger partial charge in [0.15, 0.2) is 0 Å². The lowest BCUT2D eigenvalue weighted by Crippen LogP contribution is -2.42. The van der Waals surface area contributed by atoms with Crippen LogP contribution < -0.4 is 5.32 Å². The Hall–Kier alpha value is -2.67. The molecule has 0 fully saturated rings. The van der Waals surface area contributed by atoms with E-state index in [2.05, 4.69) is 27.9 Å². The molecule has 3 aromatic rings. The van der Waals surface area contributed by atoms with E-state index < -0.39 is 17.9 Å². The molecule has 1 amide bonds. The Kier molecular flexibility index (Phi) is 6.24. The fraction of sp³-hybridized carbons (Fsp3) is 0.0909. The van der Waals surface area contributed by atoms with Gasteiger partial charge in [-0.2, -0.15) is 0 Å². The molecule has 4 nitrogen and oxygen atoms in total. The first kappa shape index (κ1) is 19.1. The standard InChI is InChI=1S/C22H18INO3/c23-19-9-5-4-8-18(19)14-20(22(26)27)24-21(25)17-12-10-16(11-13-17)15-6-2-1-3-7-15/h1-13,20H,14H2,(H,24,25)(H,26,27)/t20-/m0/s1. The first-order valence-electron chi connectivity index (χ1n) is 8.47. The lowest BCUT2D eigenvalue weighted by Gasteiger charge is -2.16. The molecular weight excluding hydrogens is 453 g/mol. The number of carbonyl (C=O) groups is 2. The van der Waals surface area contributed by atoms with Gasteiger partial charge in [-0.15, -0.1) is 0 Å². The average Bonchev–Trinajstić information content (AvgIpc) is 2.69. The molecule has 0 aromatic heterocycles. The number of amides is 1. The molecule has 3 aromatic carbocycles. The highest BCUT2D eigenvalue weighted by molar-refractivity contribution is 14.1. The van der Waals surface area contributed by atoms with Gasteiger partial charge < -0.3 is 10.4 Å². The summed E-state index contributed by atoms with van der Waals surface area (Å²) in [6, 6.07) is 23.6. The SMILES string of the molecule is O=C(N[C@@H](Cc1ccccc1I)C(=O)O)c1ccc(-c2ccccc2)cc1. The van der Waals surface area contributed by atoms with Crippen molar-refractivity contribution in [1.29, 1.82) is 0 Å². The third-order valence-corrected chi connectivity index (χ3v) is 5.29. The van der Waals surface area contributed by atoms with E-state index >= 15 is 0 Å². The van der Waals surface area contributed by atoms with Crippen molar-refractivity contribution in [2.24, 2.45) is 0 Å². The highest BCUT2D eigenvalue weighted by atomic mass is 127. The predicted molar refractivity (Wildman–Crippen MR) is 114 cm³/mol. The van der Waals surface area contributed by atoms with E-state index in [1.54, 1.807) is 12.1 Å². The molecule has 0 unspecified atom stereocenters. The quantitative estimate of drug-likeness (QED) is 0.525. The maximum Gasteiger partial charge on any atom is 0.326 e. The zero-order valence-electron chi connectivity index (χ0n) is 14.4. The molecule has 0 saturated heterocycles. The second-order valence-electron chi connectivity index (χ2n) is 6.10. The largest absolute Gasteiger partial charge is 0.480 e. The molecule has 0 aliphatic heterocycles. The Morgan fingerprint density at radius 2 is 1.44 bits per heavy atom. The van der Waals surface area contributed by atoms with Crippen LogP contribution in [-0.2, 0) is 11.2 Å². The number of halogens is 1. The molecule has 0 heterocycles. The van der Waals surface area contributed by atoms with Crippen LogP contribution in [0.1, 0.15) is 15.9 Å². The van der Waals surface area contributed by atoms with E-state index in [4.69, 9.17) is 0 Å². The van der Waals surface area contributed by atoms with Gasteiger partial charge in [0.05, 0.1) is 0 Å². The van der Waals surface area contributed by atoms with Crippen LogP contribution in [0.2, 0.25) is 0 Å². The van der Waals surface area contributed by atoms with Crippen LogP contribution >= 0.6 is 22.6 Å². The zero-order valence-corrected chi connectivity index (χ0v) is 16.6. The van der Waals surface area contributed by atoms with E-state index in [0.717, 1.165) is 20.3 Å². The number of rotatable bonds is 6. The Labute approximate surface area is 171 Å². The van der Waals surface area contributed by atoms with Crippen molar-refractivity contribution < 1.29 is 14.7 Å². The minimum Gasteiger partial charge on any atom is -0.480 e. The summed E-state index contributed by atoms with van der Waals surface area (Å²) in [7, 11) is 0. The van der Waals surface area contributed by atoms with Crippen molar-refractivity contribution in [3.8, 4) is 11.1 Å². The molecule has 0 aliphatic carbocycles.